The lowest BCUT2D eigenvalue weighted by molar-refractivity contribution is 0.456. The molecule has 0 fully saturated rings. The lowest BCUT2D eigenvalue weighted by atomic mass is 10.2. The van der Waals surface area contributed by atoms with Crippen LogP contribution in [0, 0.1) is 28.5 Å². The van der Waals surface area contributed by atoms with Gasteiger partial charge in [-0.3, -0.25) is 0 Å². The first kappa shape index (κ1) is 11.6. The topological polar surface area (TPSA) is 69.7 Å². The van der Waals surface area contributed by atoms with E-state index in [2.05, 4.69) is 4.98 Å². The molecule has 2 aromatic rings. The molecule has 0 aliphatic heterocycles. The fourth-order valence-corrected chi connectivity index (χ4v) is 1.32. The Morgan fingerprint density at radius 1 is 1.11 bits per heavy atom. The zero-order valence-electron chi connectivity index (χ0n) is 9.09. The zero-order valence-corrected chi connectivity index (χ0v) is 9.09. The minimum absolute atomic E-state index is 0.0923. The van der Waals surface area contributed by atoms with Gasteiger partial charge in [0.05, 0.1) is 5.56 Å². The summed E-state index contributed by atoms with van der Waals surface area (Å²) in [6.07, 6.45) is 1.33. The Morgan fingerprint density at radius 3 is 2.56 bits per heavy atom. The SMILES string of the molecule is N#Cc1ccc(Oc2cccc(F)c2C#N)nc1. The van der Waals surface area contributed by atoms with Crippen molar-refractivity contribution < 1.29 is 9.13 Å². The Bertz CT molecular complexity index is 653. The minimum Gasteiger partial charge on any atom is -0.438 e. The average Bonchev–Trinajstić information content (AvgIpc) is 2.40. The van der Waals surface area contributed by atoms with Gasteiger partial charge in [0.15, 0.2) is 0 Å². The Labute approximate surface area is 103 Å². The lowest BCUT2D eigenvalue weighted by Gasteiger charge is -2.06. The van der Waals surface area contributed by atoms with Crippen molar-refractivity contribution in [2.75, 3.05) is 0 Å². The van der Waals surface area contributed by atoms with Gasteiger partial charge in [-0.25, -0.2) is 9.37 Å². The van der Waals surface area contributed by atoms with Crippen molar-refractivity contribution in [3.63, 3.8) is 0 Å². The number of nitriles is 2. The molecule has 1 aromatic heterocycles. The molecule has 0 saturated heterocycles. The van der Waals surface area contributed by atoms with Crippen LogP contribution in [0.15, 0.2) is 36.5 Å². The van der Waals surface area contributed by atoms with Crippen molar-refractivity contribution in [2.45, 2.75) is 0 Å². The highest BCUT2D eigenvalue weighted by Gasteiger charge is 2.10. The number of hydrogen-bond donors (Lipinski definition) is 0. The third-order valence-electron chi connectivity index (χ3n) is 2.17. The van der Waals surface area contributed by atoms with Crippen LogP contribution in [0.25, 0.3) is 0 Å². The van der Waals surface area contributed by atoms with E-state index in [0.29, 0.717) is 5.56 Å². The first-order chi connectivity index (χ1) is 8.74. The molecule has 4 nitrogen and oxygen atoms in total. The molecule has 0 saturated carbocycles. The van der Waals surface area contributed by atoms with E-state index in [-0.39, 0.29) is 17.2 Å². The first-order valence-electron chi connectivity index (χ1n) is 4.97. The molecule has 0 aliphatic carbocycles. The molecule has 86 valence electrons. The smallest absolute Gasteiger partial charge is 0.219 e. The molecule has 0 bridgehead atoms. The van der Waals surface area contributed by atoms with E-state index >= 15 is 0 Å². The number of benzene rings is 1. The summed E-state index contributed by atoms with van der Waals surface area (Å²) >= 11 is 0. The van der Waals surface area contributed by atoms with Gasteiger partial charge in [-0.2, -0.15) is 10.5 Å². The zero-order chi connectivity index (χ0) is 13.0. The normalized spacial score (nSPS) is 9.28. The molecule has 0 radical (unpaired) electrons. The molecule has 18 heavy (non-hydrogen) atoms. The van der Waals surface area contributed by atoms with Gasteiger partial charge in [0, 0.05) is 12.3 Å². The van der Waals surface area contributed by atoms with Crippen LogP contribution in [-0.4, -0.2) is 4.98 Å². The van der Waals surface area contributed by atoms with Crippen LogP contribution >= 0.6 is 0 Å². The van der Waals surface area contributed by atoms with E-state index in [4.69, 9.17) is 15.3 Å². The number of halogens is 1. The minimum atomic E-state index is -0.649. The molecule has 1 aromatic carbocycles. The van der Waals surface area contributed by atoms with Crippen LogP contribution < -0.4 is 4.74 Å². The third-order valence-corrected chi connectivity index (χ3v) is 2.17. The van der Waals surface area contributed by atoms with Crippen molar-refractivity contribution >= 4 is 0 Å². The van der Waals surface area contributed by atoms with E-state index in [1.54, 1.807) is 6.07 Å². The van der Waals surface area contributed by atoms with Gasteiger partial charge < -0.3 is 4.74 Å². The van der Waals surface area contributed by atoms with E-state index < -0.39 is 5.82 Å². The Kier molecular flexibility index (Phi) is 3.17. The molecule has 0 spiro atoms. The summed E-state index contributed by atoms with van der Waals surface area (Å²) in [4.78, 5) is 3.87. The summed E-state index contributed by atoms with van der Waals surface area (Å²) in [5, 5.41) is 17.4. The maximum atomic E-state index is 13.3. The molecule has 0 unspecified atom stereocenters. The maximum Gasteiger partial charge on any atom is 0.219 e. The maximum absolute atomic E-state index is 13.3. The van der Waals surface area contributed by atoms with Crippen molar-refractivity contribution in [3.8, 4) is 23.8 Å². The van der Waals surface area contributed by atoms with Gasteiger partial charge >= 0.3 is 0 Å². The number of pyridine rings is 1. The van der Waals surface area contributed by atoms with Crippen LogP contribution in [-0.2, 0) is 0 Å². The quantitative estimate of drug-likeness (QED) is 0.807. The number of ether oxygens (including phenoxy) is 1. The number of nitrogens with zero attached hydrogens (tertiary/aromatic N) is 3. The average molecular weight is 239 g/mol. The Morgan fingerprint density at radius 2 is 1.94 bits per heavy atom. The summed E-state index contributed by atoms with van der Waals surface area (Å²) in [7, 11) is 0. The predicted octanol–water partition coefficient (Wildman–Crippen LogP) is 2.76. The summed E-state index contributed by atoms with van der Waals surface area (Å²) in [5.41, 5.74) is 0.214. The number of hydrogen-bond acceptors (Lipinski definition) is 4. The highest BCUT2D eigenvalue weighted by atomic mass is 19.1. The molecule has 0 amide bonds. The fraction of sp³-hybridized carbons (Fsp3) is 0. The van der Waals surface area contributed by atoms with E-state index in [0.717, 1.165) is 0 Å². The van der Waals surface area contributed by atoms with Crippen LogP contribution in [0.5, 0.6) is 11.6 Å². The van der Waals surface area contributed by atoms with E-state index in [9.17, 15) is 4.39 Å². The predicted molar refractivity (Wildman–Crippen MR) is 60.1 cm³/mol. The number of aromatic nitrogens is 1. The standard InChI is InChI=1S/C13H6FN3O/c14-11-2-1-3-12(10(11)7-16)18-13-5-4-9(6-15)8-17-13/h1-5,8H. The summed E-state index contributed by atoms with van der Waals surface area (Å²) in [6, 6.07) is 10.7. The second kappa shape index (κ2) is 4.94. The van der Waals surface area contributed by atoms with Gasteiger partial charge in [0.1, 0.15) is 29.3 Å². The Balaban J connectivity index is 2.32. The van der Waals surface area contributed by atoms with E-state index in [1.165, 1.54) is 36.5 Å². The van der Waals surface area contributed by atoms with Crippen LogP contribution in [0.4, 0.5) is 4.39 Å². The molecular weight excluding hydrogens is 233 g/mol. The molecule has 0 N–H and O–H groups in total. The largest absolute Gasteiger partial charge is 0.438 e. The van der Waals surface area contributed by atoms with Gasteiger partial charge in [-0.1, -0.05) is 6.07 Å². The highest BCUT2D eigenvalue weighted by molar-refractivity contribution is 5.45. The highest BCUT2D eigenvalue weighted by Crippen LogP contribution is 2.25. The first-order valence-corrected chi connectivity index (χ1v) is 4.97. The lowest BCUT2D eigenvalue weighted by Crippen LogP contribution is -1.93. The second-order valence-electron chi connectivity index (χ2n) is 3.32. The summed E-state index contributed by atoms with van der Waals surface area (Å²) in [5.74, 6) is -0.366. The number of rotatable bonds is 2. The van der Waals surface area contributed by atoms with Crippen LogP contribution in [0.1, 0.15) is 11.1 Å². The summed E-state index contributed by atoms with van der Waals surface area (Å²) < 4.78 is 18.6. The molecule has 1 heterocycles. The molecule has 5 heteroatoms. The van der Waals surface area contributed by atoms with Gasteiger partial charge in [-0.05, 0) is 18.2 Å². The van der Waals surface area contributed by atoms with E-state index in [1.807, 2.05) is 6.07 Å². The molecule has 2 rings (SSSR count). The Hall–Kier alpha value is -2.92. The monoisotopic (exact) mass is 239 g/mol. The van der Waals surface area contributed by atoms with Gasteiger partial charge in [-0.15, -0.1) is 0 Å². The van der Waals surface area contributed by atoms with Crippen LogP contribution in [0.2, 0.25) is 0 Å². The van der Waals surface area contributed by atoms with Crippen LogP contribution in [0.3, 0.4) is 0 Å². The summed E-state index contributed by atoms with van der Waals surface area (Å²) in [6.45, 7) is 0. The van der Waals surface area contributed by atoms with Gasteiger partial charge in [0.25, 0.3) is 0 Å². The molecule has 0 aliphatic rings. The molecular formula is C13H6FN3O. The van der Waals surface area contributed by atoms with Crippen molar-refractivity contribution in [1.82, 2.24) is 4.98 Å². The van der Waals surface area contributed by atoms with Crippen molar-refractivity contribution in [1.29, 1.82) is 10.5 Å². The second-order valence-corrected chi connectivity index (χ2v) is 3.32. The van der Waals surface area contributed by atoms with Crippen molar-refractivity contribution in [3.05, 3.63) is 53.5 Å². The molecule has 0 atom stereocenters. The van der Waals surface area contributed by atoms with Gasteiger partial charge in [0.2, 0.25) is 5.88 Å². The van der Waals surface area contributed by atoms with Crippen molar-refractivity contribution in [2.24, 2.45) is 0 Å². The third kappa shape index (κ3) is 2.26. The fourth-order valence-electron chi connectivity index (χ4n) is 1.32.